The Balaban J connectivity index is 1.39. The van der Waals surface area contributed by atoms with E-state index in [4.69, 9.17) is 14.2 Å². The molecule has 116 valence electrons. The average molecular weight is 294 g/mol. The van der Waals surface area contributed by atoms with Crippen molar-refractivity contribution in [3.63, 3.8) is 0 Å². The second kappa shape index (κ2) is 7.09. The first kappa shape index (κ1) is 14.6. The maximum absolute atomic E-state index is 10.0. The van der Waals surface area contributed by atoms with Crippen molar-refractivity contribution in [2.45, 2.75) is 12.6 Å². The van der Waals surface area contributed by atoms with E-state index in [1.165, 1.54) is 0 Å². The third kappa shape index (κ3) is 4.07. The summed E-state index contributed by atoms with van der Waals surface area (Å²) in [6.07, 6.45) is -0.364. The van der Waals surface area contributed by atoms with Gasteiger partial charge in [0.15, 0.2) is 11.5 Å². The van der Waals surface area contributed by atoms with E-state index in [-0.39, 0.29) is 6.10 Å². The third-order valence-corrected chi connectivity index (χ3v) is 3.72. The Morgan fingerprint density at radius 3 is 2.86 bits per heavy atom. The van der Waals surface area contributed by atoms with Crippen molar-refractivity contribution in [2.75, 3.05) is 46.2 Å². The van der Waals surface area contributed by atoms with Gasteiger partial charge in [-0.25, -0.2) is 0 Å². The van der Waals surface area contributed by atoms with Gasteiger partial charge in [0.2, 0.25) is 6.79 Å². The molecular weight excluding hydrogens is 272 g/mol. The number of hydrogen-bond acceptors (Lipinski definition) is 6. The van der Waals surface area contributed by atoms with E-state index >= 15 is 0 Å². The normalized spacial score (nSPS) is 19.7. The van der Waals surface area contributed by atoms with E-state index in [0.29, 0.717) is 26.4 Å². The number of fused-ring (bicyclic) bond motifs is 1. The van der Waals surface area contributed by atoms with Gasteiger partial charge in [-0.1, -0.05) is 6.07 Å². The molecule has 2 N–H and O–H groups in total. The van der Waals surface area contributed by atoms with E-state index in [2.05, 4.69) is 10.2 Å². The summed E-state index contributed by atoms with van der Waals surface area (Å²) in [4.78, 5) is 2.23. The number of benzene rings is 1. The van der Waals surface area contributed by atoms with Crippen LogP contribution in [0.25, 0.3) is 0 Å². The molecule has 0 saturated carbocycles. The summed E-state index contributed by atoms with van der Waals surface area (Å²) in [7, 11) is 0. The summed E-state index contributed by atoms with van der Waals surface area (Å²) in [6, 6.07) is 5.90. The molecule has 0 bridgehead atoms. The lowest BCUT2D eigenvalue weighted by atomic mass is 10.2. The molecule has 6 heteroatoms. The third-order valence-electron chi connectivity index (χ3n) is 3.72. The van der Waals surface area contributed by atoms with Crippen LogP contribution in [-0.4, -0.2) is 62.3 Å². The summed E-state index contributed by atoms with van der Waals surface area (Å²) in [5, 5.41) is 13.3. The largest absolute Gasteiger partial charge is 0.454 e. The molecule has 2 aliphatic heterocycles. The zero-order valence-corrected chi connectivity index (χ0v) is 12.1. The first-order chi connectivity index (χ1) is 10.3. The Morgan fingerprint density at radius 2 is 2.00 bits per heavy atom. The molecule has 0 amide bonds. The van der Waals surface area contributed by atoms with Crippen LogP contribution in [0.1, 0.15) is 5.56 Å². The van der Waals surface area contributed by atoms with Crippen molar-refractivity contribution in [3.05, 3.63) is 23.8 Å². The van der Waals surface area contributed by atoms with Gasteiger partial charge in [-0.05, 0) is 17.7 Å². The molecule has 1 aromatic rings. The lowest BCUT2D eigenvalue weighted by Gasteiger charge is -2.28. The Morgan fingerprint density at radius 1 is 1.19 bits per heavy atom. The molecule has 1 aromatic carbocycles. The summed E-state index contributed by atoms with van der Waals surface area (Å²) in [5.74, 6) is 1.59. The number of aliphatic hydroxyl groups is 1. The maximum atomic E-state index is 10.0. The Kier molecular flexibility index (Phi) is 4.92. The number of hydrogen-bond donors (Lipinski definition) is 2. The molecule has 0 radical (unpaired) electrons. The van der Waals surface area contributed by atoms with Gasteiger partial charge in [0.25, 0.3) is 0 Å². The van der Waals surface area contributed by atoms with Crippen LogP contribution in [0.3, 0.4) is 0 Å². The van der Waals surface area contributed by atoms with E-state index in [1.54, 1.807) is 0 Å². The molecule has 2 aliphatic rings. The molecule has 3 rings (SSSR count). The standard InChI is InChI=1S/C15H22N2O4/c18-13(10-17-3-5-19-6-4-17)9-16-8-12-1-2-14-15(7-12)21-11-20-14/h1-2,7,13,16,18H,3-6,8-11H2. The predicted molar refractivity (Wildman–Crippen MR) is 77.5 cm³/mol. The molecule has 1 atom stereocenters. The van der Waals surface area contributed by atoms with Crippen LogP contribution in [-0.2, 0) is 11.3 Å². The summed E-state index contributed by atoms with van der Waals surface area (Å²) in [6.45, 7) is 5.59. The highest BCUT2D eigenvalue weighted by atomic mass is 16.7. The highest BCUT2D eigenvalue weighted by molar-refractivity contribution is 5.44. The van der Waals surface area contributed by atoms with E-state index < -0.39 is 0 Å². The summed E-state index contributed by atoms with van der Waals surface area (Å²) in [5.41, 5.74) is 1.12. The fraction of sp³-hybridized carbons (Fsp3) is 0.600. The van der Waals surface area contributed by atoms with Crippen LogP contribution in [0.5, 0.6) is 11.5 Å². The van der Waals surface area contributed by atoms with E-state index in [0.717, 1.165) is 43.4 Å². The van der Waals surface area contributed by atoms with Crippen LogP contribution in [0.2, 0.25) is 0 Å². The molecule has 0 aromatic heterocycles. The highest BCUT2D eigenvalue weighted by Crippen LogP contribution is 2.32. The number of β-amino-alcohol motifs (C(OH)–C–C–N with tert-alkyl or cyclic N) is 1. The zero-order chi connectivity index (χ0) is 14.5. The number of aliphatic hydroxyl groups excluding tert-OH is 1. The molecule has 6 nitrogen and oxygen atoms in total. The molecule has 1 saturated heterocycles. The SMILES string of the molecule is OC(CNCc1ccc2c(c1)OCO2)CN1CCOCC1. The van der Waals surface area contributed by atoms with Gasteiger partial charge in [0.1, 0.15) is 0 Å². The van der Waals surface area contributed by atoms with Crippen LogP contribution in [0.4, 0.5) is 0 Å². The first-order valence-electron chi connectivity index (χ1n) is 7.39. The smallest absolute Gasteiger partial charge is 0.231 e. The maximum Gasteiger partial charge on any atom is 0.231 e. The topological polar surface area (TPSA) is 63.2 Å². The van der Waals surface area contributed by atoms with Gasteiger partial charge >= 0.3 is 0 Å². The first-order valence-corrected chi connectivity index (χ1v) is 7.39. The molecule has 1 unspecified atom stereocenters. The minimum absolute atomic E-state index is 0.296. The lowest BCUT2D eigenvalue weighted by Crippen LogP contribution is -2.43. The van der Waals surface area contributed by atoms with Crippen molar-refractivity contribution >= 4 is 0 Å². The number of ether oxygens (including phenoxy) is 3. The molecular formula is C15H22N2O4. The van der Waals surface area contributed by atoms with Gasteiger partial charge in [0, 0.05) is 32.7 Å². The summed E-state index contributed by atoms with van der Waals surface area (Å²) < 4.78 is 15.9. The average Bonchev–Trinajstić information content (AvgIpc) is 2.96. The number of morpholine rings is 1. The second-order valence-corrected chi connectivity index (χ2v) is 5.39. The Bertz CT molecular complexity index is 463. The van der Waals surface area contributed by atoms with Crippen LogP contribution >= 0.6 is 0 Å². The van der Waals surface area contributed by atoms with Gasteiger partial charge in [-0.2, -0.15) is 0 Å². The minimum Gasteiger partial charge on any atom is -0.454 e. The van der Waals surface area contributed by atoms with Gasteiger partial charge in [-0.15, -0.1) is 0 Å². The van der Waals surface area contributed by atoms with Crippen molar-refractivity contribution in [3.8, 4) is 11.5 Å². The second-order valence-electron chi connectivity index (χ2n) is 5.39. The van der Waals surface area contributed by atoms with Crippen molar-refractivity contribution in [1.82, 2.24) is 10.2 Å². The van der Waals surface area contributed by atoms with Crippen LogP contribution in [0.15, 0.2) is 18.2 Å². The fourth-order valence-corrected chi connectivity index (χ4v) is 2.58. The van der Waals surface area contributed by atoms with Crippen molar-refractivity contribution in [1.29, 1.82) is 0 Å². The molecule has 0 spiro atoms. The van der Waals surface area contributed by atoms with E-state index in [9.17, 15) is 5.11 Å². The number of nitrogens with zero attached hydrogens (tertiary/aromatic N) is 1. The fourth-order valence-electron chi connectivity index (χ4n) is 2.58. The molecule has 1 fully saturated rings. The number of nitrogens with one attached hydrogen (secondary N) is 1. The van der Waals surface area contributed by atoms with Gasteiger partial charge in [-0.3, -0.25) is 4.90 Å². The highest BCUT2D eigenvalue weighted by Gasteiger charge is 2.15. The molecule has 2 heterocycles. The van der Waals surface area contributed by atoms with Crippen LogP contribution < -0.4 is 14.8 Å². The van der Waals surface area contributed by atoms with Gasteiger partial charge in [0.05, 0.1) is 19.3 Å². The molecule has 21 heavy (non-hydrogen) atoms. The lowest BCUT2D eigenvalue weighted by molar-refractivity contribution is 0.0149. The van der Waals surface area contributed by atoms with Crippen LogP contribution in [0, 0.1) is 0 Å². The molecule has 0 aliphatic carbocycles. The van der Waals surface area contributed by atoms with Gasteiger partial charge < -0.3 is 24.6 Å². The Hall–Kier alpha value is -1.34. The number of rotatable bonds is 6. The zero-order valence-electron chi connectivity index (χ0n) is 12.1. The van der Waals surface area contributed by atoms with Crippen molar-refractivity contribution in [2.24, 2.45) is 0 Å². The van der Waals surface area contributed by atoms with E-state index in [1.807, 2.05) is 18.2 Å². The Labute approximate surface area is 124 Å². The quantitative estimate of drug-likeness (QED) is 0.781. The van der Waals surface area contributed by atoms with Crippen molar-refractivity contribution < 1.29 is 19.3 Å². The summed E-state index contributed by atoms with van der Waals surface area (Å²) >= 11 is 0. The predicted octanol–water partition coefficient (Wildman–Crippen LogP) is 0.198. The minimum atomic E-state index is -0.364. The monoisotopic (exact) mass is 294 g/mol.